The third kappa shape index (κ3) is 2.68. The molecule has 1 rings (SSSR count). The van der Waals surface area contributed by atoms with Crippen molar-refractivity contribution in [3.05, 3.63) is 34.6 Å². The van der Waals surface area contributed by atoms with Crippen LogP contribution in [0.1, 0.15) is 38.3 Å². The molecule has 0 aliphatic rings. The number of likely N-dealkylation sites (N-methyl/N-ethyl adjacent to an activating group) is 1. The fraction of sp³-hybridized carbons (Fsp3) is 0.571. The van der Waals surface area contributed by atoms with Crippen LogP contribution < -0.4 is 5.73 Å². The Morgan fingerprint density at radius 1 is 1.33 bits per heavy atom. The van der Waals surface area contributed by atoms with Crippen molar-refractivity contribution in [2.45, 2.75) is 38.3 Å². The van der Waals surface area contributed by atoms with Gasteiger partial charge < -0.3 is 10.6 Å². The summed E-state index contributed by atoms with van der Waals surface area (Å²) in [6.45, 7) is 4.19. The highest BCUT2D eigenvalue weighted by Gasteiger charge is 2.37. The number of halogens is 2. The van der Waals surface area contributed by atoms with Gasteiger partial charge in [0, 0.05) is 16.6 Å². The van der Waals surface area contributed by atoms with E-state index >= 15 is 0 Å². The van der Waals surface area contributed by atoms with Gasteiger partial charge in [-0.3, -0.25) is 0 Å². The molecular formula is C14H22ClFN2. The van der Waals surface area contributed by atoms with Gasteiger partial charge in [-0.2, -0.15) is 0 Å². The minimum Gasteiger partial charge on any atom is -0.322 e. The van der Waals surface area contributed by atoms with Crippen molar-refractivity contribution >= 4 is 11.6 Å². The number of hydrogen-bond donors (Lipinski definition) is 1. The zero-order valence-corrected chi connectivity index (χ0v) is 12.3. The van der Waals surface area contributed by atoms with Crippen LogP contribution in [0.25, 0.3) is 0 Å². The lowest BCUT2D eigenvalue weighted by molar-refractivity contribution is 0.106. The Morgan fingerprint density at radius 3 is 2.33 bits per heavy atom. The van der Waals surface area contributed by atoms with E-state index in [1.54, 1.807) is 6.07 Å². The number of nitrogens with two attached hydrogens (primary N) is 1. The second-order valence-corrected chi connectivity index (χ2v) is 5.26. The third-order valence-corrected chi connectivity index (χ3v) is 4.33. The molecule has 0 saturated heterocycles. The lowest BCUT2D eigenvalue weighted by atomic mass is 9.80. The Morgan fingerprint density at radius 2 is 1.89 bits per heavy atom. The molecule has 0 radical (unpaired) electrons. The molecule has 0 spiro atoms. The molecule has 1 aromatic rings. The summed E-state index contributed by atoms with van der Waals surface area (Å²) in [6, 6.07) is 4.05. The van der Waals surface area contributed by atoms with Crippen molar-refractivity contribution < 1.29 is 4.39 Å². The first-order valence-corrected chi connectivity index (χ1v) is 6.64. The van der Waals surface area contributed by atoms with Crippen LogP contribution in [0.3, 0.4) is 0 Å². The van der Waals surface area contributed by atoms with Crippen LogP contribution in [0, 0.1) is 5.82 Å². The van der Waals surface area contributed by atoms with Crippen molar-refractivity contribution in [1.82, 2.24) is 4.90 Å². The highest BCUT2D eigenvalue weighted by molar-refractivity contribution is 6.31. The average molecular weight is 273 g/mol. The van der Waals surface area contributed by atoms with Crippen molar-refractivity contribution in [3.8, 4) is 0 Å². The average Bonchev–Trinajstić information content (AvgIpc) is 2.34. The predicted octanol–water partition coefficient (Wildman–Crippen LogP) is 3.60. The predicted molar refractivity (Wildman–Crippen MR) is 75.3 cm³/mol. The molecule has 102 valence electrons. The molecule has 0 bridgehead atoms. The Balaban J connectivity index is 3.25. The van der Waals surface area contributed by atoms with Crippen LogP contribution in [0.4, 0.5) is 4.39 Å². The van der Waals surface area contributed by atoms with Crippen molar-refractivity contribution in [3.63, 3.8) is 0 Å². The van der Waals surface area contributed by atoms with Gasteiger partial charge in [0.2, 0.25) is 0 Å². The summed E-state index contributed by atoms with van der Waals surface area (Å²) in [5.41, 5.74) is 6.84. The van der Waals surface area contributed by atoms with E-state index in [9.17, 15) is 4.39 Å². The molecule has 0 aromatic heterocycles. The Bertz CT molecular complexity index is 403. The Hall–Kier alpha value is -0.640. The molecular weight excluding hydrogens is 251 g/mol. The first kappa shape index (κ1) is 15.4. The van der Waals surface area contributed by atoms with Crippen LogP contribution in [0.2, 0.25) is 5.02 Å². The van der Waals surface area contributed by atoms with Gasteiger partial charge in [0.1, 0.15) is 5.82 Å². The van der Waals surface area contributed by atoms with Gasteiger partial charge in [-0.25, -0.2) is 4.39 Å². The summed E-state index contributed by atoms with van der Waals surface area (Å²) in [6.07, 6.45) is 1.76. The second kappa shape index (κ2) is 6.00. The van der Waals surface area contributed by atoms with E-state index in [4.69, 9.17) is 17.3 Å². The standard InChI is InChI=1S/C14H22ClFN2/c1-5-14(6-2,18(3)4)13(17)11-9-10(16)7-8-12(11)15/h7-9,13H,5-6,17H2,1-4H3. The Labute approximate surface area is 114 Å². The number of benzene rings is 1. The highest BCUT2D eigenvalue weighted by atomic mass is 35.5. The maximum atomic E-state index is 13.4. The minimum atomic E-state index is -0.314. The summed E-state index contributed by atoms with van der Waals surface area (Å²) in [5.74, 6) is -0.301. The van der Waals surface area contributed by atoms with E-state index < -0.39 is 0 Å². The summed E-state index contributed by atoms with van der Waals surface area (Å²) < 4.78 is 13.4. The third-order valence-electron chi connectivity index (χ3n) is 3.99. The van der Waals surface area contributed by atoms with Crippen LogP contribution in [-0.4, -0.2) is 24.5 Å². The molecule has 0 saturated carbocycles. The SMILES string of the molecule is CCC(CC)(C(N)c1cc(F)ccc1Cl)N(C)C. The topological polar surface area (TPSA) is 29.3 Å². The number of rotatable bonds is 5. The molecule has 2 N–H and O–H groups in total. The van der Waals surface area contributed by atoms with E-state index in [0.717, 1.165) is 12.8 Å². The summed E-state index contributed by atoms with van der Waals surface area (Å²) in [7, 11) is 4.00. The van der Waals surface area contributed by atoms with E-state index in [1.165, 1.54) is 12.1 Å². The van der Waals surface area contributed by atoms with E-state index in [-0.39, 0.29) is 17.4 Å². The molecule has 0 fully saturated rings. The fourth-order valence-electron chi connectivity index (χ4n) is 2.64. The molecule has 0 aliphatic heterocycles. The molecule has 18 heavy (non-hydrogen) atoms. The molecule has 4 heteroatoms. The van der Waals surface area contributed by atoms with Crippen molar-refractivity contribution in [2.24, 2.45) is 5.73 Å². The van der Waals surface area contributed by atoms with Gasteiger partial charge in [-0.1, -0.05) is 25.4 Å². The van der Waals surface area contributed by atoms with E-state index in [1.807, 2.05) is 14.1 Å². The van der Waals surface area contributed by atoms with Gasteiger partial charge in [0.05, 0.1) is 0 Å². The first-order valence-electron chi connectivity index (χ1n) is 6.27. The Kier molecular flexibility index (Phi) is 5.14. The molecule has 1 atom stereocenters. The van der Waals surface area contributed by atoms with Crippen molar-refractivity contribution in [1.29, 1.82) is 0 Å². The molecule has 2 nitrogen and oxygen atoms in total. The quantitative estimate of drug-likeness (QED) is 0.887. The van der Waals surface area contributed by atoms with Gasteiger partial charge in [0.15, 0.2) is 0 Å². The smallest absolute Gasteiger partial charge is 0.123 e. The summed E-state index contributed by atoms with van der Waals surface area (Å²) in [4.78, 5) is 2.11. The van der Waals surface area contributed by atoms with E-state index in [2.05, 4.69) is 18.7 Å². The maximum Gasteiger partial charge on any atom is 0.123 e. The van der Waals surface area contributed by atoms with Gasteiger partial charge in [0.25, 0.3) is 0 Å². The molecule has 1 unspecified atom stereocenters. The van der Waals surface area contributed by atoms with Gasteiger partial charge in [-0.15, -0.1) is 0 Å². The highest BCUT2D eigenvalue weighted by Crippen LogP contribution is 2.37. The lowest BCUT2D eigenvalue weighted by Crippen LogP contribution is -2.51. The second-order valence-electron chi connectivity index (χ2n) is 4.85. The monoisotopic (exact) mass is 272 g/mol. The molecule has 0 amide bonds. The zero-order valence-electron chi connectivity index (χ0n) is 11.5. The molecule has 0 aliphatic carbocycles. The van der Waals surface area contributed by atoms with Crippen LogP contribution in [-0.2, 0) is 0 Å². The van der Waals surface area contributed by atoms with Gasteiger partial charge >= 0.3 is 0 Å². The zero-order chi connectivity index (χ0) is 13.9. The summed E-state index contributed by atoms with van der Waals surface area (Å²) in [5, 5.41) is 0.525. The van der Waals surface area contributed by atoms with Crippen LogP contribution in [0.5, 0.6) is 0 Å². The lowest BCUT2D eigenvalue weighted by Gasteiger charge is -2.44. The van der Waals surface area contributed by atoms with Gasteiger partial charge in [-0.05, 0) is 50.7 Å². The minimum absolute atomic E-state index is 0.211. The fourth-order valence-corrected chi connectivity index (χ4v) is 2.88. The van der Waals surface area contributed by atoms with Crippen molar-refractivity contribution in [2.75, 3.05) is 14.1 Å². The largest absolute Gasteiger partial charge is 0.322 e. The number of nitrogens with zero attached hydrogens (tertiary/aromatic N) is 1. The first-order chi connectivity index (χ1) is 8.39. The maximum absolute atomic E-state index is 13.4. The van der Waals surface area contributed by atoms with Crippen LogP contribution in [0.15, 0.2) is 18.2 Å². The number of hydrogen-bond acceptors (Lipinski definition) is 2. The summed E-state index contributed by atoms with van der Waals surface area (Å²) >= 11 is 6.15. The van der Waals surface area contributed by atoms with Crippen LogP contribution >= 0.6 is 11.6 Å². The normalized spacial score (nSPS) is 14.0. The van der Waals surface area contributed by atoms with E-state index in [0.29, 0.717) is 10.6 Å². The molecule has 0 heterocycles. The molecule has 1 aromatic carbocycles.